The number of benzene rings is 1. The Morgan fingerprint density at radius 3 is 2.87 bits per heavy atom. The fraction of sp³-hybridized carbons (Fsp3) is 0.250. The van der Waals surface area contributed by atoms with Crippen molar-refractivity contribution in [1.29, 1.82) is 5.26 Å². The molecule has 0 saturated carbocycles. The van der Waals surface area contributed by atoms with E-state index in [1.54, 1.807) is 18.4 Å². The molecule has 1 aromatic carbocycles. The van der Waals surface area contributed by atoms with Gasteiger partial charge in [-0.1, -0.05) is 6.07 Å². The van der Waals surface area contributed by atoms with E-state index in [-0.39, 0.29) is 18.4 Å². The van der Waals surface area contributed by atoms with E-state index >= 15 is 0 Å². The summed E-state index contributed by atoms with van der Waals surface area (Å²) >= 11 is 1.28. The first-order valence-electron chi connectivity index (χ1n) is 6.97. The Kier molecular flexibility index (Phi) is 5.79. The summed E-state index contributed by atoms with van der Waals surface area (Å²) in [4.78, 5) is 11.8. The Morgan fingerprint density at radius 2 is 2.17 bits per heavy atom. The van der Waals surface area contributed by atoms with Crippen LogP contribution in [0.2, 0.25) is 0 Å². The summed E-state index contributed by atoms with van der Waals surface area (Å²) in [7, 11) is 0. The minimum Gasteiger partial charge on any atom is -0.317 e. The summed E-state index contributed by atoms with van der Waals surface area (Å²) in [5.74, 6) is -1.48. The number of amides is 1. The van der Waals surface area contributed by atoms with Crippen molar-refractivity contribution in [2.45, 2.75) is 19.4 Å². The van der Waals surface area contributed by atoms with E-state index in [9.17, 15) is 13.6 Å². The Morgan fingerprint density at radius 1 is 1.39 bits per heavy atom. The number of nitriles is 1. The predicted octanol–water partition coefficient (Wildman–Crippen LogP) is 3.58. The van der Waals surface area contributed by atoms with E-state index in [0.29, 0.717) is 22.7 Å². The van der Waals surface area contributed by atoms with Crippen molar-refractivity contribution in [2.24, 2.45) is 0 Å². The molecule has 0 aliphatic rings. The lowest BCUT2D eigenvalue weighted by molar-refractivity contribution is -0.116. The highest BCUT2D eigenvalue weighted by Gasteiger charge is 2.12. The second kappa shape index (κ2) is 7.81. The van der Waals surface area contributed by atoms with Crippen LogP contribution in [0.25, 0.3) is 0 Å². The summed E-state index contributed by atoms with van der Waals surface area (Å²) in [6, 6.07) is 6.70. The zero-order valence-corrected chi connectivity index (χ0v) is 13.2. The number of hydrogen-bond acceptors (Lipinski definition) is 4. The molecule has 2 rings (SSSR count). The van der Waals surface area contributed by atoms with E-state index in [4.69, 9.17) is 5.26 Å². The molecule has 0 spiro atoms. The highest BCUT2D eigenvalue weighted by atomic mass is 32.1. The largest absolute Gasteiger partial charge is 0.317 e. The van der Waals surface area contributed by atoms with Gasteiger partial charge in [0.05, 0.1) is 5.56 Å². The van der Waals surface area contributed by atoms with Crippen molar-refractivity contribution in [1.82, 2.24) is 5.32 Å². The highest BCUT2D eigenvalue weighted by molar-refractivity contribution is 7.14. The molecule has 2 N–H and O–H groups in total. The molecule has 1 atom stereocenters. The van der Waals surface area contributed by atoms with Gasteiger partial charge in [0.1, 0.15) is 22.7 Å². The molecule has 120 valence electrons. The maximum atomic E-state index is 13.6. The normalized spacial score (nSPS) is 11.7. The van der Waals surface area contributed by atoms with Crippen molar-refractivity contribution in [3.8, 4) is 6.07 Å². The van der Waals surface area contributed by atoms with Crippen molar-refractivity contribution in [3.63, 3.8) is 0 Å². The zero-order chi connectivity index (χ0) is 16.8. The van der Waals surface area contributed by atoms with Crippen LogP contribution >= 0.6 is 11.3 Å². The van der Waals surface area contributed by atoms with E-state index in [2.05, 4.69) is 10.6 Å². The fourth-order valence-corrected chi connectivity index (χ4v) is 2.80. The average molecular weight is 335 g/mol. The van der Waals surface area contributed by atoms with Gasteiger partial charge < -0.3 is 10.6 Å². The fourth-order valence-electron chi connectivity index (χ4n) is 2.05. The first-order chi connectivity index (χ1) is 11.0. The van der Waals surface area contributed by atoms with Crippen LogP contribution in [0.15, 0.2) is 29.6 Å². The van der Waals surface area contributed by atoms with Crippen molar-refractivity contribution >= 4 is 22.2 Å². The third kappa shape index (κ3) is 4.58. The monoisotopic (exact) mass is 335 g/mol. The molecule has 0 bridgehead atoms. The molecule has 4 nitrogen and oxygen atoms in total. The van der Waals surface area contributed by atoms with Gasteiger partial charge in [-0.2, -0.15) is 5.26 Å². The second-order valence-electron chi connectivity index (χ2n) is 4.92. The van der Waals surface area contributed by atoms with Gasteiger partial charge in [0.2, 0.25) is 5.91 Å². The first kappa shape index (κ1) is 17.1. The Hall–Kier alpha value is -2.30. The summed E-state index contributed by atoms with van der Waals surface area (Å²) in [5.41, 5.74) is 0.773. The lowest BCUT2D eigenvalue weighted by Gasteiger charge is -2.15. The molecule has 0 aliphatic carbocycles. The molecule has 0 radical (unpaired) electrons. The van der Waals surface area contributed by atoms with Crippen LogP contribution in [0, 0.1) is 23.0 Å². The molecule has 1 aromatic heterocycles. The van der Waals surface area contributed by atoms with Gasteiger partial charge in [0.15, 0.2) is 0 Å². The summed E-state index contributed by atoms with van der Waals surface area (Å²) in [6.07, 6.45) is 0.177. The number of anilines is 1. The highest BCUT2D eigenvalue weighted by Crippen LogP contribution is 2.22. The van der Waals surface area contributed by atoms with Crippen LogP contribution in [-0.4, -0.2) is 12.5 Å². The predicted molar refractivity (Wildman–Crippen MR) is 85.1 cm³/mol. The Bertz CT molecular complexity index is 739. The van der Waals surface area contributed by atoms with E-state index in [1.165, 1.54) is 23.5 Å². The zero-order valence-electron chi connectivity index (χ0n) is 12.4. The molecular formula is C16H15F2N3OS. The Labute approximate surface area is 136 Å². The maximum Gasteiger partial charge on any atom is 0.226 e. The Balaban J connectivity index is 1.82. The van der Waals surface area contributed by atoms with Crippen LogP contribution in [0.1, 0.15) is 30.5 Å². The van der Waals surface area contributed by atoms with Gasteiger partial charge in [-0.25, -0.2) is 8.78 Å². The standard InChI is InChI=1S/C16H15F2N3OS/c1-10(13-3-2-12(17)8-14(13)18)20-6-4-15(22)21-16-11(9-19)5-7-23-16/h2-3,5,7-8,10,20H,4,6H2,1H3,(H,21,22)/t10-/m1/s1. The molecule has 1 amide bonds. The average Bonchev–Trinajstić information content (AvgIpc) is 2.94. The number of nitrogens with one attached hydrogen (secondary N) is 2. The molecule has 2 aromatic rings. The van der Waals surface area contributed by atoms with Crippen molar-refractivity contribution in [2.75, 3.05) is 11.9 Å². The topological polar surface area (TPSA) is 64.9 Å². The number of carbonyl (C=O) groups is 1. The van der Waals surface area contributed by atoms with E-state index in [0.717, 1.165) is 6.07 Å². The summed E-state index contributed by atoms with van der Waals surface area (Å²) in [5, 5.41) is 16.8. The van der Waals surface area contributed by atoms with Crippen LogP contribution in [-0.2, 0) is 4.79 Å². The molecule has 1 heterocycles. The molecule has 0 fully saturated rings. The summed E-state index contributed by atoms with van der Waals surface area (Å²) < 4.78 is 26.5. The van der Waals surface area contributed by atoms with Gasteiger partial charge in [-0.05, 0) is 24.4 Å². The van der Waals surface area contributed by atoms with Gasteiger partial charge in [-0.3, -0.25) is 4.79 Å². The van der Waals surface area contributed by atoms with Crippen molar-refractivity contribution < 1.29 is 13.6 Å². The van der Waals surface area contributed by atoms with Gasteiger partial charge >= 0.3 is 0 Å². The number of halogens is 2. The molecule has 0 aliphatic heterocycles. The third-order valence-corrected chi connectivity index (χ3v) is 4.10. The SMILES string of the molecule is C[C@@H](NCCC(=O)Nc1sccc1C#N)c1ccc(F)cc1F. The van der Waals surface area contributed by atoms with Gasteiger partial charge in [0.25, 0.3) is 0 Å². The van der Waals surface area contributed by atoms with Crippen LogP contribution < -0.4 is 10.6 Å². The van der Waals surface area contributed by atoms with Gasteiger partial charge in [0, 0.05) is 30.6 Å². The molecule has 23 heavy (non-hydrogen) atoms. The van der Waals surface area contributed by atoms with Crippen LogP contribution in [0.4, 0.5) is 13.8 Å². The molecular weight excluding hydrogens is 320 g/mol. The number of nitrogens with zero attached hydrogens (tertiary/aromatic N) is 1. The second-order valence-corrected chi connectivity index (χ2v) is 5.83. The lowest BCUT2D eigenvalue weighted by Crippen LogP contribution is -2.25. The minimum absolute atomic E-state index is 0.177. The van der Waals surface area contributed by atoms with Crippen LogP contribution in [0.5, 0.6) is 0 Å². The van der Waals surface area contributed by atoms with Crippen molar-refractivity contribution in [3.05, 3.63) is 52.4 Å². The van der Waals surface area contributed by atoms with Crippen LogP contribution in [0.3, 0.4) is 0 Å². The quantitative estimate of drug-likeness (QED) is 0.848. The lowest BCUT2D eigenvalue weighted by atomic mass is 10.1. The number of thiophene rings is 1. The molecule has 7 heteroatoms. The molecule has 0 unspecified atom stereocenters. The first-order valence-corrected chi connectivity index (χ1v) is 7.85. The summed E-state index contributed by atoms with van der Waals surface area (Å²) in [6.45, 7) is 2.07. The van der Waals surface area contributed by atoms with E-state index in [1.807, 2.05) is 6.07 Å². The van der Waals surface area contributed by atoms with E-state index < -0.39 is 11.6 Å². The smallest absolute Gasteiger partial charge is 0.226 e. The third-order valence-electron chi connectivity index (χ3n) is 3.27. The number of hydrogen-bond donors (Lipinski definition) is 2. The molecule has 0 saturated heterocycles. The maximum absolute atomic E-state index is 13.6. The number of rotatable bonds is 6. The van der Waals surface area contributed by atoms with Gasteiger partial charge in [-0.15, -0.1) is 11.3 Å². The minimum atomic E-state index is -0.623. The number of carbonyl (C=O) groups excluding carboxylic acids is 1.